The lowest BCUT2D eigenvalue weighted by molar-refractivity contribution is -0.0418. The molecule has 0 radical (unpaired) electrons. The van der Waals surface area contributed by atoms with Crippen LogP contribution in [0.3, 0.4) is 0 Å². The molecule has 0 amide bonds. The fraction of sp³-hybridized carbons (Fsp3) is 0.400. The van der Waals surface area contributed by atoms with Crippen LogP contribution in [0.15, 0.2) is 30.3 Å². The summed E-state index contributed by atoms with van der Waals surface area (Å²) in [5, 5.41) is 41.4. The molecule has 4 rings (SSSR count). The van der Waals surface area contributed by atoms with Gasteiger partial charge in [-0.2, -0.15) is 0 Å². The van der Waals surface area contributed by atoms with Crippen LogP contribution in [0.2, 0.25) is 0 Å². The van der Waals surface area contributed by atoms with Gasteiger partial charge in [0, 0.05) is 29.2 Å². The van der Waals surface area contributed by atoms with E-state index in [1.165, 1.54) is 12.1 Å². The van der Waals surface area contributed by atoms with Gasteiger partial charge >= 0.3 is 0 Å². The number of aliphatic hydroxyl groups is 2. The molecule has 6 nitrogen and oxygen atoms in total. The molecule has 0 bridgehead atoms. The van der Waals surface area contributed by atoms with Gasteiger partial charge < -0.3 is 29.9 Å². The Labute approximate surface area is 151 Å². The van der Waals surface area contributed by atoms with Crippen molar-refractivity contribution in [1.82, 2.24) is 0 Å². The monoisotopic (exact) mass is 358 g/mol. The summed E-state index contributed by atoms with van der Waals surface area (Å²) < 4.78 is 11.5. The highest BCUT2D eigenvalue weighted by Gasteiger charge is 2.39. The normalized spacial score (nSPS) is 26.2. The topological polar surface area (TPSA) is 99.4 Å². The average molecular weight is 358 g/mol. The standard InChI is InChI=1S/C20H22O6/c1-20(2)17(22)8-13-15(26-20)6-5-11(18(13)23)14-9-25-16-7-10(21)3-4-12(16)19(14)24/h3-7,14,17,19,21-24H,8-9H2,1-2H3/t14-,17-,19+/m0/s1. The van der Waals surface area contributed by atoms with Gasteiger partial charge in [0.05, 0.1) is 24.7 Å². The lowest BCUT2D eigenvalue weighted by Gasteiger charge is -2.38. The van der Waals surface area contributed by atoms with Gasteiger partial charge in [0.25, 0.3) is 0 Å². The Bertz CT molecular complexity index is 860. The number of ether oxygens (including phenoxy) is 2. The van der Waals surface area contributed by atoms with Crippen molar-refractivity contribution in [1.29, 1.82) is 0 Å². The van der Waals surface area contributed by atoms with Gasteiger partial charge in [0.2, 0.25) is 0 Å². The Kier molecular flexibility index (Phi) is 3.78. The third-order valence-electron chi connectivity index (χ3n) is 5.36. The van der Waals surface area contributed by atoms with Gasteiger partial charge in [0.1, 0.15) is 28.6 Å². The predicted octanol–water partition coefficient (Wildman–Crippen LogP) is 2.38. The smallest absolute Gasteiger partial charge is 0.129 e. The molecule has 0 saturated heterocycles. The summed E-state index contributed by atoms with van der Waals surface area (Å²) in [5.41, 5.74) is 0.923. The maximum absolute atomic E-state index is 10.8. The second-order valence-electron chi connectivity index (χ2n) is 7.49. The van der Waals surface area contributed by atoms with E-state index in [1.54, 1.807) is 32.0 Å². The number of aromatic hydroxyl groups is 2. The second kappa shape index (κ2) is 5.79. The summed E-state index contributed by atoms with van der Waals surface area (Å²) in [6.07, 6.45) is -1.35. The first-order valence-corrected chi connectivity index (χ1v) is 8.63. The van der Waals surface area contributed by atoms with Crippen molar-refractivity contribution in [2.24, 2.45) is 0 Å². The SMILES string of the molecule is CC1(C)Oc2ccc([C@@H]3COc4cc(O)ccc4[C@H]3O)c(O)c2C[C@@H]1O. The molecule has 0 fully saturated rings. The van der Waals surface area contributed by atoms with Crippen LogP contribution in [0.4, 0.5) is 0 Å². The molecule has 0 unspecified atom stereocenters. The molecule has 2 aromatic rings. The number of benzene rings is 2. The van der Waals surface area contributed by atoms with Crippen molar-refractivity contribution >= 4 is 0 Å². The molecular weight excluding hydrogens is 336 g/mol. The summed E-state index contributed by atoms with van der Waals surface area (Å²) in [5.74, 6) is 0.598. The molecule has 0 saturated carbocycles. The number of rotatable bonds is 1. The zero-order chi connectivity index (χ0) is 18.6. The van der Waals surface area contributed by atoms with E-state index in [0.29, 0.717) is 28.2 Å². The third kappa shape index (κ3) is 2.57. The van der Waals surface area contributed by atoms with E-state index in [2.05, 4.69) is 0 Å². The van der Waals surface area contributed by atoms with Crippen molar-refractivity contribution in [2.75, 3.05) is 6.61 Å². The largest absolute Gasteiger partial charge is 0.508 e. The van der Waals surface area contributed by atoms with Crippen molar-refractivity contribution in [2.45, 2.75) is 44.0 Å². The molecule has 4 N–H and O–H groups in total. The molecular formula is C20H22O6. The summed E-state index contributed by atoms with van der Waals surface area (Å²) in [6, 6.07) is 8.06. The van der Waals surface area contributed by atoms with E-state index in [9.17, 15) is 20.4 Å². The first-order chi connectivity index (χ1) is 12.3. The molecule has 2 aliphatic rings. The fourth-order valence-corrected chi connectivity index (χ4v) is 3.66. The van der Waals surface area contributed by atoms with E-state index in [4.69, 9.17) is 9.47 Å². The highest BCUT2D eigenvalue weighted by atomic mass is 16.5. The minimum Gasteiger partial charge on any atom is -0.508 e. The molecule has 6 heteroatoms. The predicted molar refractivity (Wildman–Crippen MR) is 93.8 cm³/mol. The van der Waals surface area contributed by atoms with Crippen LogP contribution < -0.4 is 9.47 Å². The van der Waals surface area contributed by atoms with Crippen molar-refractivity contribution in [3.05, 3.63) is 47.0 Å². The zero-order valence-corrected chi connectivity index (χ0v) is 14.6. The quantitative estimate of drug-likeness (QED) is 0.625. The lowest BCUT2D eigenvalue weighted by atomic mass is 9.83. The van der Waals surface area contributed by atoms with Crippen LogP contribution in [-0.4, -0.2) is 38.7 Å². The summed E-state index contributed by atoms with van der Waals surface area (Å²) in [4.78, 5) is 0. The molecule has 2 aliphatic heterocycles. The van der Waals surface area contributed by atoms with Crippen molar-refractivity contribution < 1.29 is 29.9 Å². The van der Waals surface area contributed by atoms with Crippen molar-refractivity contribution in [3.63, 3.8) is 0 Å². The van der Waals surface area contributed by atoms with E-state index < -0.39 is 23.7 Å². The molecule has 0 aromatic heterocycles. The Morgan fingerprint density at radius 3 is 2.50 bits per heavy atom. The first-order valence-electron chi connectivity index (χ1n) is 8.63. The number of hydrogen-bond donors (Lipinski definition) is 4. The Morgan fingerprint density at radius 2 is 1.73 bits per heavy atom. The first kappa shape index (κ1) is 17.0. The van der Waals surface area contributed by atoms with Gasteiger partial charge in [-0.05, 0) is 32.0 Å². The maximum Gasteiger partial charge on any atom is 0.129 e. The molecule has 2 heterocycles. The fourth-order valence-electron chi connectivity index (χ4n) is 3.66. The maximum atomic E-state index is 10.8. The van der Waals surface area contributed by atoms with Crippen LogP contribution in [-0.2, 0) is 6.42 Å². The minimum absolute atomic E-state index is 0.0203. The molecule has 2 aromatic carbocycles. The van der Waals surface area contributed by atoms with Gasteiger partial charge in [-0.15, -0.1) is 0 Å². The Hall–Kier alpha value is -2.44. The molecule has 0 aliphatic carbocycles. The Balaban J connectivity index is 1.72. The molecule has 138 valence electrons. The Morgan fingerprint density at radius 1 is 1.00 bits per heavy atom. The summed E-state index contributed by atoms with van der Waals surface area (Å²) >= 11 is 0. The number of phenolic OH excluding ortho intramolecular Hbond substituents is 2. The summed E-state index contributed by atoms with van der Waals surface area (Å²) in [7, 11) is 0. The second-order valence-corrected chi connectivity index (χ2v) is 7.49. The lowest BCUT2D eigenvalue weighted by Crippen LogP contribution is -2.46. The number of phenols is 2. The van der Waals surface area contributed by atoms with Crippen LogP contribution in [0.25, 0.3) is 0 Å². The molecule has 26 heavy (non-hydrogen) atoms. The third-order valence-corrected chi connectivity index (χ3v) is 5.36. The van der Waals surface area contributed by atoms with Gasteiger partial charge in [-0.25, -0.2) is 0 Å². The van der Waals surface area contributed by atoms with Crippen LogP contribution >= 0.6 is 0 Å². The van der Waals surface area contributed by atoms with Crippen LogP contribution in [0, 0.1) is 0 Å². The van der Waals surface area contributed by atoms with Gasteiger partial charge in [0.15, 0.2) is 0 Å². The van der Waals surface area contributed by atoms with Gasteiger partial charge in [-0.3, -0.25) is 0 Å². The number of aliphatic hydroxyl groups excluding tert-OH is 2. The summed E-state index contributed by atoms with van der Waals surface area (Å²) in [6.45, 7) is 3.77. The average Bonchev–Trinajstić information content (AvgIpc) is 2.58. The zero-order valence-electron chi connectivity index (χ0n) is 14.6. The van der Waals surface area contributed by atoms with E-state index >= 15 is 0 Å². The van der Waals surface area contributed by atoms with E-state index in [-0.39, 0.29) is 24.5 Å². The molecule has 3 atom stereocenters. The highest BCUT2D eigenvalue weighted by Crippen LogP contribution is 2.47. The highest BCUT2D eigenvalue weighted by molar-refractivity contribution is 5.54. The van der Waals surface area contributed by atoms with Crippen LogP contribution in [0.5, 0.6) is 23.0 Å². The number of fused-ring (bicyclic) bond motifs is 2. The van der Waals surface area contributed by atoms with Gasteiger partial charge in [-0.1, -0.05) is 6.07 Å². The van der Waals surface area contributed by atoms with Crippen molar-refractivity contribution in [3.8, 4) is 23.0 Å². The van der Waals surface area contributed by atoms with E-state index in [1.807, 2.05) is 0 Å². The van der Waals surface area contributed by atoms with E-state index in [0.717, 1.165) is 0 Å². The minimum atomic E-state index is -0.880. The molecule has 0 spiro atoms. The number of hydrogen-bond acceptors (Lipinski definition) is 6. The van der Waals surface area contributed by atoms with Crippen LogP contribution in [0.1, 0.15) is 42.6 Å².